The third-order valence-corrected chi connectivity index (χ3v) is 2.55. The molecule has 0 aliphatic carbocycles. The molecule has 0 fully saturated rings. The van der Waals surface area contributed by atoms with Crippen LogP contribution in [0.15, 0.2) is 54.9 Å². The molecule has 0 saturated carbocycles. The lowest BCUT2D eigenvalue weighted by Crippen LogP contribution is -1.91. The Hall–Kier alpha value is -2.62. The van der Waals surface area contributed by atoms with Crippen molar-refractivity contribution in [1.29, 1.82) is 0 Å². The molecule has 0 spiro atoms. The largest absolute Gasteiger partial charge is 0.456 e. The van der Waals surface area contributed by atoms with Crippen LogP contribution in [0.5, 0.6) is 11.5 Å². The van der Waals surface area contributed by atoms with Gasteiger partial charge in [-0.25, -0.2) is 4.98 Å². The van der Waals surface area contributed by atoms with Gasteiger partial charge in [0.05, 0.1) is 11.7 Å². The fourth-order valence-corrected chi connectivity index (χ4v) is 1.73. The molecule has 2 heterocycles. The molecule has 88 valence electrons. The maximum Gasteiger partial charge on any atom is 0.146 e. The lowest BCUT2D eigenvalue weighted by atomic mass is 10.2. The highest BCUT2D eigenvalue weighted by Gasteiger charge is 2.00. The number of fused-ring (bicyclic) bond motifs is 1. The summed E-state index contributed by atoms with van der Waals surface area (Å²) in [4.78, 5) is 8.24. The number of ether oxygens (including phenoxy) is 1. The molecule has 0 aliphatic heterocycles. The molecule has 0 atom stereocenters. The van der Waals surface area contributed by atoms with Crippen molar-refractivity contribution in [2.75, 3.05) is 5.73 Å². The van der Waals surface area contributed by atoms with Gasteiger partial charge in [-0.2, -0.15) is 0 Å². The van der Waals surface area contributed by atoms with Gasteiger partial charge in [0, 0.05) is 17.6 Å². The van der Waals surface area contributed by atoms with E-state index in [2.05, 4.69) is 9.97 Å². The SMILES string of the molecule is Nc1cc(Oc2cnc3ccccc3c2)ccn1. The summed E-state index contributed by atoms with van der Waals surface area (Å²) in [6.07, 6.45) is 3.30. The molecule has 0 aliphatic rings. The van der Waals surface area contributed by atoms with E-state index >= 15 is 0 Å². The number of hydrogen-bond donors (Lipinski definition) is 1. The molecule has 2 aromatic heterocycles. The van der Waals surface area contributed by atoms with E-state index in [9.17, 15) is 0 Å². The number of rotatable bonds is 2. The van der Waals surface area contributed by atoms with Gasteiger partial charge in [-0.05, 0) is 18.2 Å². The first kappa shape index (κ1) is 10.5. The second-order valence-electron chi connectivity index (χ2n) is 3.88. The summed E-state index contributed by atoms with van der Waals surface area (Å²) >= 11 is 0. The van der Waals surface area contributed by atoms with E-state index in [1.54, 1.807) is 24.5 Å². The maximum absolute atomic E-state index is 5.68. The van der Waals surface area contributed by atoms with E-state index < -0.39 is 0 Å². The maximum atomic E-state index is 5.68. The third-order valence-electron chi connectivity index (χ3n) is 2.55. The van der Waals surface area contributed by atoms with Crippen LogP contribution in [0.25, 0.3) is 10.9 Å². The van der Waals surface area contributed by atoms with Crippen molar-refractivity contribution in [1.82, 2.24) is 9.97 Å². The monoisotopic (exact) mass is 237 g/mol. The summed E-state index contributed by atoms with van der Waals surface area (Å²) in [5.41, 5.74) is 6.54. The van der Waals surface area contributed by atoms with Gasteiger partial charge in [-0.15, -0.1) is 0 Å². The van der Waals surface area contributed by atoms with Crippen molar-refractivity contribution in [3.63, 3.8) is 0 Å². The van der Waals surface area contributed by atoms with Gasteiger partial charge in [0.15, 0.2) is 0 Å². The molecule has 0 unspecified atom stereocenters. The number of hydrogen-bond acceptors (Lipinski definition) is 4. The summed E-state index contributed by atoms with van der Waals surface area (Å²) in [6.45, 7) is 0. The third kappa shape index (κ3) is 2.08. The number of para-hydroxylation sites is 1. The Morgan fingerprint density at radius 1 is 0.944 bits per heavy atom. The van der Waals surface area contributed by atoms with Crippen LogP contribution >= 0.6 is 0 Å². The van der Waals surface area contributed by atoms with Gasteiger partial charge in [-0.1, -0.05) is 18.2 Å². The predicted molar refractivity (Wildman–Crippen MR) is 70.5 cm³/mol. The zero-order chi connectivity index (χ0) is 12.4. The average molecular weight is 237 g/mol. The highest BCUT2D eigenvalue weighted by molar-refractivity contribution is 5.79. The van der Waals surface area contributed by atoms with Crippen LogP contribution in [-0.2, 0) is 0 Å². The van der Waals surface area contributed by atoms with Crippen LogP contribution < -0.4 is 10.5 Å². The van der Waals surface area contributed by atoms with Crippen molar-refractivity contribution >= 4 is 16.7 Å². The van der Waals surface area contributed by atoms with Crippen molar-refractivity contribution in [2.45, 2.75) is 0 Å². The Bertz CT molecular complexity index is 697. The summed E-state index contributed by atoms with van der Waals surface area (Å²) in [7, 11) is 0. The topological polar surface area (TPSA) is 61.0 Å². The molecule has 4 heteroatoms. The summed E-state index contributed by atoms with van der Waals surface area (Å²) in [6, 6.07) is 13.3. The van der Waals surface area contributed by atoms with Crippen LogP contribution in [0, 0.1) is 0 Å². The molecular formula is C14H11N3O. The van der Waals surface area contributed by atoms with E-state index in [1.165, 1.54) is 0 Å². The van der Waals surface area contributed by atoms with E-state index in [-0.39, 0.29) is 0 Å². The van der Waals surface area contributed by atoms with Crippen molar-refractivity contribution in [2.24, 2.45) is 0 Å². The molecule has 0 bridgehead atoms. The van der Waals surface area contributed by atoms with Crippen molar-refractivity contribution < 1.29 is 4.74 Å². The molecule has 0 amide bonds. The number of benzene rings is 1. The minimum atomic E-state index is 0.432. The van der Waals surface area contributed by atoms with E-state index in [1.807, 2.05) is 30.3 Å². The van der Waals surface area contributed by atoms with Gasteiger partial charge >= 0.3 is 0 Å². The van der Waals surface area contributed by atoms with Gasteiger partial charge in [0.1, 0.15) is 17.3 Å². The fraction of sp³-hybridized carbons (Fsp3) is 0. The lowest BCUT2D eigenvalue weighted by Gasteiger charge is -2.06. The molecule has 0 saturated heterocycles. The van der Waals surface area contributed by atoms with E-state index in [0.717, 1.165) is 10.9 Å². The smallest absolute Gasteiger partial charge is 0.146 e. The van der Waals surface area contributed by atoms with Gasteiger partial charge in [0.25, 0.3) is 0 Å². The Kier molecular flexibility index (Phi) is 2.53. The van der Waals surface area contributed by atoms with Crippen LogP contribution in [0.2, 0.25) is 0 Å². The first-order valence-electron chi connectivity index (χ1n) is 5.55. The fourth-order valence-electron chi connectivity index (χ4n) is 1.73. The standard InChI is InChI=1S/C14H11N3O/c15-14-8-11(5-6-16-14)18-12-7-10-3-1-2-4-13(10)17-9-12/h1-9H,(H2,15,16). The highest BCUT2D eigenvalue weighted by atomic mass is 16.5. The molecule has 2 N–H and O–H groups in total. The molecular weight excluding hydrogens is 226 g/mol. The van der Waals surface area contributed by atoms with Gasteiger partial charge in [-0.3, -0.25) is 4.98 Å². The quantitative estimate of drug-likeness (QED) is 0.744. The average Bonchev–Trinajstić information content (AvgIpc) is 2.39. The molecule has 3 rings (SSSR count). The number of nitrogen functional groups attached to an aromatic ring is 1. The van der Waals surface area contributed by atoms with E-state index in [4.69, 9.17) is 10.5 Å². The predicted octanol–water partition coefficient (Wildman–Crippen LogP) is 3.00. The number of anilines is 1. The second kappa shape index (κ2) is 4.33. The summed E-state index contributed by atoms with van der Waals surface area (Å²) in [5, 5.41) is 1.04. The van der Waals surface area contributed by atoms with Crippen molar-refractivity contribution in [3.05, 3.63) is 54.9 Å². The van der Waals surface area contributed by atoms with Crippen LogP contribution in [-0.4, -0.2) is 9.97 Å². The zero-order valence-electron chi connectivity index (χ0n) is 9.58. The zero-order valence-corrected chi connectivity index (χ0v) is 9.58. The van der Waals surface area contributed by atoms with E-state index in [0.29, 0.717) is 17.3 Å². The highest BCUT2D eigenvalue weighted by Crippen LogP contribution is 2.24. The number of aromatic nitrogens is 2. The Morgan fingerprint density at radius 2 is 1.83 bits per heavy atom. The lowest BCUT2D eigenvalue weighted by molar-refractivity contribution is 0.481. The van der Waals surface area contributed by atoms with Gasteiger partial charge < -0.3 is 10.5 Å². The number of pyridine rings is 2. The Balaban J connectivity index is 1.95. The van der Waals surface area contributed by atoms with Crippen LogP contribution in [0.1, 0.15) is 0 Å². The molecule has 1 aromatic carbocycles. The second-order valence-corrected chi connectivity index (χ2v) is 3.88. The minimum Gasteiger partial charge on any atom is -0.456 e. The Labute approximate surface area is 104 Å². The summed E-state index contributed by atoms with van der Waals surface area (Å²) < 4.78 is 5.68. The molecule has 18 heavy (non-hydrogen) atoms. The number of nitrogens with zero attached hydrogens (tertiary/aromatic N) is 2. The number of nitrogens with two attached hydrogens (primary N) is 1. The van der Waals surface area contributed by atoms with Crippen molar-refractivity contribution in [3.8, 4) is 11.5 Å². The minimum absolute atomic E-state index is 0.432. The Morgan fingerprint density at radius 3 is 2.72 bits per heavy atom. The van der Waals surface area contributed by atoms with Crippen LogP contribution in [0.3, 0.4) is 0 Å². The summed E-state index contributed by atoms with van der Waals surface area (Å²) in [5.74, 6) is 1.76. The molecule has 4 nitrogen and oxygen atoms in total. The first-order valence-corrected chi connectivity index (χ1v) is 5.55. The van der Waals surface area contributed by atoms with Gasteiger partial charge in [0.2, 0.25) is 0 Å². The first-order chi connectivity index (χ1) is 8.81. The molecule has 3 aromatic rings. The van der Waals surface area contributed by atoms with Crippen LogP contribution in [0.4, 0.5) is 5.82 Å². The normalized spacial score (nSPS) is 10.4. The molecule has 0 radical (unpaired) electrons.